The lowest BCUT2D eigenvalue weighted by molar-refractivity contribution is -0.384. The molecule has 0 atom stereocenters. The molecule has 2 aromatic rings. The molecule has 122 valence electrons. The maximum Gasteiger partial charge on any atom is 0.269 e. The van der Waals surface area contributed by atoms with Crippen LogP contribution in [0.5, 0.6) is 0 Å². The van der Waals surface area contributed by atoms with Crippen molar-refractivity contribution < 1.29 is 13.3 Å². The Bertz CT molecular complexity index is 747. The van der Waals surface area contributed by atoms with Crippen LogP contribution in [0.25, 0.3) is 0 Å². The van der Waals surface area contributed by atoms with Gasteiger partial charge in [-0.2, -0.15) is 11.8 Å². The van der Waals surface area contributed by atoms with E-state index < -0.39 is 14.9 Å². The molecule has 0 amide bonds. The van der Waals surface area contributed by atoms with Crippen molar-refractivity contribution in [3.05, 3.63) is 70.3 Å². The maximum absolute atomic E-state index is 12.1. The highest BCUT2D eigenvalue weighted by atomic mass is 32.2. The summed E-state index contributed by atoms with van der Waals surface area (Å²) in [4.78, 5) is 10.0. The Morgan fingerprint density at radius 1 is 1.04 bits per heavy atom. The highest BCUT2D eigenvalue weighted by Gasteiger charge is 2.15. The summed E-state index contributed by atoms with van der Waals surface area (Å²) >= 11 is 1.63. The van der Waals surface area contributed by atoms with Crippen molar-refractivity contribution in [1.82, 2.24) is 4.72 Å². The average Bonchev–Trinajstić information content (AvgIpc) is 2.55. The van der Waals surface area contributed by atoms with Crippen LogP contribution in [-0.4, -0.2) is 25.6 Å². The van der Waals surface area contributed by atoms with E-state index >= 15 is 0 Å². The number of thioether (sulfide) groups is 1. The first-order valence-corrected chi connectivity index (χ1v) is 9.48. The second-order valence-electron chi connectivity index (χ2n) is 4.69. The lowest BCUT2D eigenvalue weighted by atomic mass is 10.2. The molecule has 1 N–H and O–H groups in total. The van der Waals surface area contributed by atoms with Gasteiger partial charge < -0.3 is 0 Å². The number of sulfonamides is 1. The van der Waals surface area contributed by atoms with E-state index in [1.54, 1.807) is 11.8 Å². The SMILES string of the molecule is O=[N+]([O-])c1ccc(S(=O)(=O)NCCSCc2ccccc2)cc1. The molecule has 8 heteroatoms. The first kappa shape index (κ1) is 17.5. The minimum Gasteiger partial charge on any atom is -0.258 e. The molecular weight excluding hydrogens is 336 g/mol. The molecule has 0 aliphatic carbocycles. The van der Waals surface area contributed by atoms with E-state index in [1.165, 1.54) is 29.8 Å². The number of hydrogen-bond donors (Lipinski definition) is 1. The van der Waals surface area contributed by atoms with Crippen LogP contribution in [0, 0.1) is 10.1 Å². The lowest BCUT2D eigenvalue weighted by Crippen LogP contribution is -2.26. The van der Waals surface area contributed by atoms with E-state index in [2.05, 4.69) is 4.72 Å². The summed E-state index contributed by atoms with van der Waals surface area (Å²) in [6.45, 7) is 0.302. The van der Waals surface area contributed by atoms with E-state index in [9.17, 15) is 18.5 Å². The van der Waals surface area contributed by atoms with E-state index in [1.807, 2.05) is 30.3 Å². The van der Waals surface area contributed by atoms with Crippen molar-refractivity contribution in [2.75, 3.05) is 12.3 Å². The van der Waals surface area contributed by atoms with Gasteiger partial charge in [-0.3, -0.25) is 10.1 Å². The van der Waals surface area contributed by atoms with Gasteiger partial charge in [0.05, 0.1) is 9.82 Å². The molecule has 0 fully saturated rings. The van der Waals surface area contributed by atoms with Crippen LogP contribution in [0.1, 0.15) is 5.56 Å². The molecule has 0 heterocycles. The van der Waals surface area contributed by atoms with E-state index in [0.717, 1.165) is 5.75 Å². The number of nitrogens with zero attached hydrogens (tertiary/aromatic N) is 1. The molecular formula is C15H16N2O4S2. The van der Waals surface area contributed by atoms with Crippen LogP contribution in [0.4, 0.5) is 5.69 Å². The van der Waals surface area contributed by atoms with Crippen molar-refractivity contribution in [3.8, 4) is 0 Å². The van der Waals surface area contributed by atoms with Crippen LogP contribution in [0.15, 0.2) is 59.5 Å². The third kappa shape index (κ3) is 5.34. The normalized spacial score (nSPS) is 11.3. The quantitative estimate of drug-likeness (QED) is 0.448. The molecule has 2 rings (SSSR count). The van der Waals surface area contributed by atoms with E-state index in [0.29, 0.717) is 12.3 Å². The predicted octanol–water partition coefficient (Wildman–Crippen LogP) is 2.81. The minimum absolute atomic E-state index is 0.0242. The monoisotopic (exact) mass is 352 g/mol. The smallest absolute Gasteiger partial charge is 0.258 e. The number of hydrogen-bond acceptors (Lipinski definition) is 5. The first-order chi connectivity index (χ1) is 11.0. The number of benzene rings is 2. The molecule has 0 radical (unpaired) electrons. The molecule has 23 heavy (non-hydrogen) atoms. The van der Waals surface area contributed by atoms with Crippen molar-refractivity contribution in [3.63, 3.8) is 0 Å². The lowest BCUT2D eigenvalue weighted by Gasteiger charge is -2.06. The van der Waals surface area contributed by atoms with Gasteiger partial charge in [-0.1, -0.05) is 30.3 Å². The zero-order valence-electron chi connectivity index (χ0n) is 12.2. The highest BCUT2D eigenvalue weighted by molar-refractivity contribution is 7.98. The van der Waals surface area contributed by atoms with Crippen molar-refractivity contribution in [1.29, 1.82) is 0 Å². The molecule has 0 saturated heterocycles. The fourth-order valence-corrected chi connectivity index (χ4v) is 3.82. The Labute approximate surface area is 139 Å². The van der Waals surface area contributed by atoms with E-state index in [4.69, 9.17) is 0 Å². The standard InChI is InChI=1S/C15H16N2O4S2/c18-17(19)14-6-8-15(9-7-14)23(20,21)16-10-11-22-12-13-4-2-1-3-5-13/h1-9,16H,10-12H2. The summed E-state index contributed by atoms with van der Waals surface area (Å²) in [5.41, 5.74) is 1.05. The minimum atomic E-state index is -3.63. The second kappa shape index (κ2) is 8.09. The third-order valence-corrected chi connectivity index (χ3v) is 5.52. The fraction of sp³-hybridized carbons (Fsp3) is 0.200. The Morgan fingerprint density at radius 2 is 1.70 bits per heavy atom. The Kier molecular flexibility index (Phi) is 6.14. The number of nitro benzene ring substituents is 1. The van der Waals surface area contributed by atoms with Gasteiger partial charge in [0.25, 0.3) is 5.69 Å². The average molecular weight is 352 g/mol. The molecule has 0 aliphatic heterocycles. The van der Waals surface area contributed by atoms with Gasteiger partial charge in [0.2, 0.25) is 10.0 Å². The zero-order chi connectivity index (χ0) is 16.7. The van der Waals surface area contributed by atoms with Gasteiger partial charge in [-0.15, -0.1) is 0 Å². The van der Waals surface area contributed by atoms with E-state index in [-0.39, 0.29) is 10.6 Å². The van der Waals surface area contributed by atoms with Crippen LogP contribution in [-0.2, 0) is 15.8 Å². The second-order valence-corrected chi connectivity index (χ2v) is 7.56. The highest BCUT2D eigenvalue weighted by Crippen LogP contribution is 2.16. The Morgan fingerprint density at radius 3 is 2.30 bits per heavy atom. The Balaban J connectivity index is 1.81. The number of nitro groups is 1. The summed E-state index contributed by atoms with van der Waals surface area (Å²) in [5, 5.41) is 10.6. The fourth-order valence-electron chi connectivity index (χ4n) is 1.84. The van der Waals surface area contributed by atoms with Crippen LogP contribution < -0.4 is 4.72 Å². The number of nitrogens with one attached hydrogen (secondary N) is 1. The van der Waals surface area contributed by atoms with Gasteiger partial charge in [0.1, 0.15) is 0 Å². The molecule has 0 aromatic heterocycles. The zero-order valence-corrected chi connectivity index (χ0v) is 13.8. The molecule has 2 aromatic carbocycles. The number of non-ortho nitro benzene ring substituents is 1. The molecule has 0 unspecified atom stereocenters. The third-order valence-electron chi connectivity index (χ3n) is 3.01. The van der Waals surface area contributed by atoms with Crippen LogP contribution in [0.3, 0.4) is 0 Å². The van der Waals surface area contributed by atoms with Gasteiger partial charge in [0.15, 0.2) is 0 Å². The maximum atomic E-state index is 12.1. The molecule has 0 bridgehead atoms. The summed E-state index contributed by atoms with van der Waals surface area (Å²) in [7, 11) is -3.63. The summed E-state index contributed by atoms with van der Waals surface area (Å²) in [6.07, 6.45) is 0. The molecule has 6 nitrogen and oxygen atoms in total. The Hall–Kier alpha value is -1.90. The summed E-state index contributed by atoms with van der Waals surface area (Å²) in [6, 6.07) is 14.8. The van der Waals surface area contributed by atoms with Crippen LogP contribution in [0.2, 0.25) is 0 Å². The van der Waals surface area contributed by atoms with Crippen molar-refractivity contribution in [2.45, 2.75) is 10.6 Å². The first-order valence-electron chi connectivity index (χ1n) is 6.85. The molecule has 0 spiro atoms. The van der Waals surface area contributed by atoms with Gasteiger partial charge in [-0.25, -0.2) is 13.1 Å². The van der Waals surface area contributed by atoms with Gasteiger partial charge in [-0.05, 0) is 17.7 Å². The number of rotatable bonds is 8. The molecule has 0 aliphatic rings. The van der Waals surface area contributed by atoms with Crippen LogP contribution >= 0.6 is 11.8 Å². The summed E-state index contributed by atoms with van der Waals surface area (Å²) in [5.74, 6) is 1.46. The topological polar surface area (TPSA) is 89.3 Å². The van der Waals surface area contributed by atoms with Crippen molar-refractivity contribution in [2.24, 2.45) is 0 Å². The summed E-state index contributed by atoms with van der Waals surface area (Å²) < 4.78 is 26.6. The van der Waals surface area contributed by atoms with Gasteiger partial charge in [0, 0.05) is 30.2 Å². The van der Waals surface area contributed by atoms with Gasteiger partial charge >= 0.3 is 0 Å². The predicted molar refractivity (Wildman–Crippen MR) is 90.9 cm³/mol. The largest absolute Gasteiger partial charge is 0.269 e. The van der Waals surface area contributed by atoms with Crippen molar-refractivity contribution >= 4 is 27.5 Å². The molecule has 0 saturated carbocycles.